The van der Waals surface area contributed by atoms with Crippen molar-refractivity contribution in [3.8, 4) is 0 Å². The monoisotopic (exact) mass is 175 g/mol. The summed E-state index contributed by atoms with van der Waals surface area (Å²) in [6.45, 7) is 6.75. The van der Waals surface area contributed by atoms with Gasteiger partial charge in [-0.1, -0.05) is 29.3 Å². The predicted molar refractivity (Wildman–Crippen MR) is 56.0 cm³/mol. The summed E-state index contributed by atoms with van der Waals surface area (Å²) in [6.07, 6.45) is 1.25. The highest BCUT2D eigenvalue weighted by atomic mass is 14.9. The minimum atomic E-state index is 0.876. The van der Waals surface area contributed by atoms with Crippen molar-refractivity contribution in [3.63, 3.8) is 0 Å². The van der Waals surface area contributed by atoms with E-state index < -0.39 is 0 Å². The van der Waals surface area contributed by atoms with Gasteiger partial charge in [0, 0.05) is 0 Å². The minimum absolute atomic E-state index is 0.876. The lowest BCUT2D eigenvalue weighted by Crippen LogP contribution is -2.43. The Balaban J connectivity index is 2.10. The first-order valence-corrected chi connectivity index (χ1v) is 5.02. The number of rotatable bonds is 2. The molecule has 1 aliphatic rings. The van der Waals surface area contributed by atoms with E-state index in [4.69, 9.17) is 0 Å². The molecule has 13 heavy (non-hydrogen) atoms. The van der Waals surface area contributed by atoms with E-state index in [-0.39, 0.29) is 0 Å². The number of hydrogen-bond acceptors (Lipinski definition) is 1. The van der Waals surface area contributed by atoms with Crippen molar-refractivity contribution in [1.29, 1.82) is 0 Å². The van der Waals surface area contributed by atoms with Gasteiger partial charge in [-0.15, -0.1) is 0 Å². The van der Waals surface area contributed by atoms with Gasteiger partial charge in [0.05, 0.1) is 0 Å². The van der Waals surface area contributed by atoms with E-state index >= 15 is 0 Å². The van der Waals surface area contributed by atoms with Crippen LogP contribution in [0.3, 0.4) is 0 Å². The highest BCUT2D eigenvalue weighted by Gasteiger charge is 2.16. The maximum Gasteiger partial charge on any atom is -0.000506 e. The molecule has 0 spiro atoms. The molecule has 0 amide bonds. The topological polar surface area (TPSA) is 12.0 Å². The number of hydrogen-bond donors (Lipinski definition) is 1. The third kappa shape index (κ3) is 2.10. The Morgan fingerprint density at radius 1 is 1.15 bits per heavy atom. The highest BCUT2D eigenvalue weighted by Crippen LogP contribution is 2.15. The Kier molecular flexibility index (Phi) is 2.36. The molecular formula is C12H17N. The second kappa shape index (κ2) is 3.51. The van der Waals surface area contributed by atoms with Gasteiger partial charge in [-0.25, -0.2) is 0 Å². The van der Waals surface area contributed by atoms with Crippen molar-refractivity contribution in [1.82, 2.24) is 5.32 Å². The molecule has 1 aliphatic heterocycles. The lowest BCUT2D eigenvalue weighted by atomic mass is 9.93. The minimum Gasteiger partial charge on any atom is -0.316 e. The average Bonchev–Trinajstić information content (AvgIpc) is 1.95. The molecule has 0 unspecified atom stereocenters. The van der Waals surface area contributed by atoms with Crippen LogP contribution in [-0.4, -0.2) is 13.1 Å². The third-order valence-corrected chi connectivity index (χ3v) is 2.67. The summed E-state index contributed by atoms with van der Waals surface area (Å²) < 4.78 is 0. The van der Waals surface area contributed by atoms with E-state index in [9.17, 15) is 0 Å². The lowest BCUT2D eigenvalue weighted by molar-refractivity contribution is 0.346. The number of aryl methyl sites for hydroxylation is 2. The molecule has 2 rings (SSSR count). The second-order valence-corrected chi connectivity index (χ2v) is 4.22. The van der Waals surface area contributed by atoms with E-state index in [0.717, 1.165) is 5.92 Å². The maximum atomic E-state index is 3.31. The van der Waals surface area contributed by atoms with Crippen LogP contribution in [0.1, 0.15) is 16.7 Å². The van der Waals surface area contributed by atoms with Crippen LogP contribution in [0.25, 0.3) is 0 Å². The van der Waals surface area contributed by atoms with Gasteiger partial charge >= 0.3 is 0 Å². The molecule has 0 radical (unpaired) electrons. The van der Waals surface area contributed by atoms with Gasteiger partial charge in [0.25, 0.3) is 0 Å². The van der Waals surface area contributed by atoms with Crippen molar-refractivity contribution in [2.24, 2.45) is 5.92 Å². The van der Waals surface area contributed by atoms with Crippen LogP contribution in [0.15, 0.2) is 18.2 Å². The SMILES string of the molecule is Cc1cc(C)cc(CC2CNC2)c1. The second-order valence-electron chi connectivity index (χ2n) is 4.22. The summed E-state index contributed by atoms with van der Waals surface area (Å²) in [4.78, 5) is 0. The molecule has 0 atom stereocenters. The van der Waals surface area contributed by atoms with E-state index in [2.05, 4.69) is 37.4 Å². The first-order valence-electron chi connectivity index (χ1n) is 5.02. The fraction of sp³-hybridized carbons (Fsp3) is 0.500. The third-order valence-electron chi connectivity index (χ3n) is 2.67. The Bertz CT molecular complexity index is 280. The van der Waals surface area contributed by atoms with Crippen molar-refractivity contribution in [2.45, 2.75) is 20.3 Å². The zero-order chi connectivity index (χ0) is 9.26. The molecular weight excluding hydrogens is 158 g/mol. The van der Waals surface area contributed by atoms with Crippen molar-refractivity contribution in [3.05, 3.63) is 34.9 Å². The van der Waals surface area contributed by atoms with Crippen molar-refractivity contribution < 1.29 is 0 Å². The largest absolute Gasteiger partial charge is 0.316 e. The summed E-state index contributed by atoms with van der Waals surface area (Å²) in [7, 11) is 0. The molecule has 0 bridgehead atoms. The van der Waals surface area contributed by atoms with Crippen LogP contribution in [-0.2, 0) is 6.42 Å². The highest BCUT2D eigenvalue weighted by molar-refractivity contribution is 5.29. The van der Waals surface area contributed by atoms with Crippen LogP contribution in [0.5, 0.6) is 0 Å². The van der Waals surface area contributed by atoms with Crippen molar-refractivity contribution in [2.75, 3.05) is 13.1 Å². The van der Waals surface area contributed by atoms with E-state index in [1.807, 2.05) is 0 Å². The molecule has 1 aromatic rings. The molecule has 1 aromatic carbocycles. The smallest absolute Gasteiger partial charge is 0.000506 e. The summed E-state index contributed by atoms with van der Waals surface area (Å²) in [5, 5.41) is 3.31. The Labute approximate surface area is 80.2 Å². The Hall–Kier alpha value is -0.820. The van der Waals surface area contributed by atoms with Gasteiger partial charge in [-0.05, 0) is 44.8 Å². The van der Waals surface area contributed by atoms with E-state index in [1.165, 1.54) is 36.2 Å². The summed E-state index contributed by atoms with van der Waals surface area (Å²) in [5.41, 5.74) is 4.29. The summed E-state index contributed by atoms with van der Waals surface area (Å²) in [6, 6.07) is 6.86. The van der Waals surface area contributed by atoms with Crippen molar-refractivity contribution >= 4 is 0 Å². The number of benzene rings is 1. The molecule has 1 heterocycles. The van der Waals surface area contributed by atoms with Crippen LogP contribution in [0.4, 0.5) is 0 Å². The fourth-order valence-corrected chi connectivity index (χ4v) is 2.01. The van der Waals surface area contributed by atoms with Gasteiger partial charge in [-0.2, -0.15) is 0 Å². The quantitative estimate of drug-likeness (QED) is 0.725. The first kappa shape index (κ1) is 8.76. The van der Waals surface area contributed by atoms with Crippen LogP contribution >= 0.6 is 0 Å². The molecule has 1 saturated heterocycles. The molecule has 1 N–H and O–H groups in total. The molecule has 1 heteroatoms. The lowest BCUT2D eigenvalue weighted by Gasteiger charge is -2.27. The normalized spacial score (nSPS) is 17.1. The van der Waals surface area contributed by atoms with E-state index in [1.54, 1.807) is 0 Å². The van der Waals surface area contributed by atoms with Gasteiger partial charge in [0.2, 0.25) is 0 Å². The van der Waals surface area contributed by atoms with Crippen LogP contribution in [0, 0.1) is 19.8 Å². The van der Waals surface area contributed by atoms with Gasteiger partial charge in [-0.3, -0.25) is 0 Å². The molecule has 1 fully saturated rings. The number of nitrogens with one attached hydrogen (secondary N) is 1. The average molecular weight is 175 g/mol. The Morgan fingerprint density at radius 3 is 2.23 bits per heavy atom. The first-order chi connectivity index (χ1) is 6.24. The molecule has 1 nitrogen and oxygen atoms in total. The van der Waals surface area contributed by atoms with Gasteiger partial charge < -0.3 is 5.32 Å². The molecule has 70 valence electrons. The summed E-state index contributed by atoms with van der Waals surface area (Å²) >= 11 is 0. The van der Waals surface area contributed by atoms with Gasteiger partial charge in [0.15, 0.2) is 0 Å². The van der Waals surface area contributed by atoms with E-state index in [0.29, 0.717) is 0 Å². The Morgan fingerprint density at radius 2 is 1.77 bits per heavy atom. The molecule has 0 saturated carbocycles. The zero-order valence-electron chi connectivity index (χ0n) is 8.43. The molecule has 0 aliphatic carbocycles. The zero-order valence-corrected chi connectivity index (χ0v) is 8.43. The predicted octanol–water partition coefficient (Wildman–Crippen LogP) is 2.07. The van der Waals surface area contributed by atoms with Crippen LogP contribution in [0.2, 0.25) is 0 Å². The van der Waals surface area contributed by atoms with Crippen LogP contribution < -0.4 is 5.32 Å². The summed E-state index contributed by atoms with van der Waals surface area (Å²) in [5.74, 6) is 0.876. The van der Waals surface area contributed by atoms with Gasteiger partial charge in [0.1, 0.15) is 0 Å². The standard InChI is InChI=1S/C12H17N/c1-9-3-10(2)5-11(4-9)6-12-7-13-8-12/h3-5,12-13H,6-8H2,1-2H3. The molecule has 0 aromatic heterocycles. The fourth-order valence-electron chi connectivity index (χ4n) is 2.01. The maximum absolute atomic E-state index is 3.31.